The van der Waals surface area contributed by atoms with Gasteiger partial charge in [-0.15, -0.1) is 0 Å². The highest BCUT2D eigenvalue weighted by molar-refractivity contribution is 7.85. The van der Waals surface area contributed by atoms with E-state index >= 15 is 0 Å². The zero-order valence-electron chi connectivity index (χ0n) is 7.93. The molecule has 0 aliphatic carbocycles. The SMILES string of the molecule is COc1ccccc1C1=COS(=O)(=O)N1. The van der Waals surface area contributed by atoms with Gasteiger partial charge in [0.15, 0.2) is 0 Å². The first-order valence-electron chi connectivity index (χ1n) is 4.17. The summed E-state index contributed by atoms with van der Waals surface area (Å²) in [6, 6.07) is 7.06. The van der Waals surface area contributed by atoms with E-state index in [1.807, 2.05) is 0 Å². The second-order valence-corrected chi connectivity index (χ2v) is 4.19. The van der Waals surface area contributed by atoms with Crippen LogP contribution in [0, 0.1) is 0 Å². The summed E-state index contributed by atoms with van der Waals surface area (Å²) in [6.07, 6.45) is 1.15. The normalized spacial score (nSPS) is 17.5. The molecule has 0 saturated carbocycles. The summed E-state index contributed by atoms with van der Waals surface area (Å²) in [6.45, 7) is 0. The first-order valence-corrected chi connectivity index (χ1v) is 5.58. The molecule has 1 aliphatic rings. The summed E-state index contributed by atoms with van der Waals surface area (Å²) in [5.41, 5.74) is 1.01. The fraction of sp³-hybridized carbons (Fsp3) is 0.111. The van der Waals surface area contributed by atoms with E-state index in [9.17, 15) is 8.42 Å². The fourth-order valence-electron chi connectivity index (χ4n) is 1.28. The quantitative estimate of drug-likeness (QED) is 0.813. The van der Waals surface area contributed by atoms with Gasteiger partial charge < -0.3 is 8.92 Å². The second-order valence-electron chi connectivity index (χ2n) is 2.88. The summed E-state index contributed by atoms with van der Waals surface area (Å²) >= 11 is 0. The molecule has 80 valence electrons. The van der Waals surface area contributed by atoms with Gasteiger partial charge in [-0.25, -0.2) is 4.72 Å². The lowest BCUT2D eigenvalue weighted by Gasteiger charge is -2.07. The molecule has 1 aliphatic heterocycles. The lowest BCUT2D eigenvalue weighted by molar-refractivity contribution is 0.413. The highest BCUT2D eigenvalue weighted by Gasteiger charge is 2.22. The topological polar surface area (TPSA) is 64.6 Å². The lowest BCUT2D eigenvalue weighted by atomic mass is 10.1. The number of methoxy groups -OCH3 is 1. The van der Waals surface area contributed by atoms with E-state index in [1.165, 1.54) is 7.11 Å². The van der Waals surface area contributed by atoms with Gasteiger partial charge in [0.1, 0.15) is 12.0 Å². The Bertz CT molecular complexity index is 507. The highest BCUT2D eigenvalue weighted by Crippen LogP contribution is 2.27. The van der Waals surface area contributed by atoms with Crippen molar-refractivity contribution >= 4 is 16.0 Å². The number of ether oxygens (including phenoxy) is 1. The van der Waals surface area contributed by atoms with E-state index in [4.69, 9.17) is 4.74 Å². The van der Waals surface area contributed by atoms with Gasteiger partial charge in [-0.3, -0.25) is 0 Å². The Morgan fingerprint density at radius 3 is 2.67 bits per heavy atom. The van der Waals surface area contributed by atoms with Crippen molar-refractivity contribution in [1.82, 2.24) is 4.72 Å². The van der Waals surface area contributed by atoms with Crippen LogP contribution < -0.4 is 9.46 Å². The van der Waals surface area contributed by atoms with E-state index in [0.29, 0.717) is 17.0 Å². The van der Waals surface area contributed by atoms with Crippen LogP contribution in [0.4, 0.5) is 0 Å². The van der Waals surface area contributed by atoms with E-state index in [-0.39, 0.29) is 0 Å². The average Bonchev–Trinajstić information content (AvgIpc) is 2.59. The number of nitrogens with one attached hydrogen (secondary N) is 1. The van der Waals surface area contributed by atoms with E-state index in [0.717, 1.165) is 6.26 Å². The minimum atomic E-state index is -3.67. The summed E-state index contributed by atoms with van der Waals surface area (Å²) in [4.78, 5) is 0. The van der Waals surface area contributed by atoms with Crippen LogP contribution in [0.25, 0.3) is 5.70 Å². The Morgan fingerprint density at radius 1 is 1.33 bits per heavy atom. The molecule has 0 aromatic heterocycles. The van der Waals surface area contributed by atoms with Crippen molar-refractivity contribution in [2.45, 2.75) is 0 Å². The van der Waals surface area contributed by atoms with Crippen LogP contribution in [-0.4, -0.2) is 15.5 Å². The van der Waals surface area contributed by atoms with Gasteiger partial charge in [0, 0.05) is 5.56 Å². The smallest absolute Gasteiger partial charge is 0.407 e. The monoisotopic (exact) mass is 227 g/mol. The van der Waals surface area contributed by atoms with Crippen LogP contribution >= 0.6 is 0 Å². The van der Waals surface area contributed by atoms with Gasteiger partial charge in [0.05, 0.1) is 12.8 Å². The number of hydrogen-bond acceptors (Lipinski definition) is 4. The third-order valence-corrected chi connectivity index (χ3v) is 2.74. The van der Waals surface area contributed by atoms with Gasteiger partial charge in [-0.2, -0.15) is 8.42 Å². The van der Waals surface area contributed by atoms with Gasteiger partial charge in [0.2, 0.25) is 0 Å². The van der Waals surface area contributed by atoms with Crippen molar-refractivity contribution in [3.8, 4) is 5.75 Å². The van der Waals surface area contributed by atoms with Crippen LogP contribution in [0.15, 0.2) is 30.5 Å². The lowest BCUT2D eigenvalue weighted by Crippen LogP contribution is -2.16. The largest absolute Gasteiger partial charge is 0.496 e. The molecule has 1 aromatic carbocycles. The summed E-state index contributed by atoms with van der Waals surface area (Å²) in [5, 5.41) is 0. The molecule has 1 heterocycles. The predicted molar refractivity (Wildman–Crippen MR) is 54.1 cm³/mol. The fourth-order valence-corrected chi connectivity index (χ4v) is 1.98. The molecule has 0 saturated heterocycles. The molecule has 0 fully saturated rings. The Kier molecular flexibility index (Phi) is 2.28. The number of benzene rings is 1. The molecule has 5 nitrogen and oxygen atoms in total. The van der Waals surface area contributed by atoms with Crippen molar-refractivity contribution in [3.05, 3.63) is 36.1 Å². The molecule has 1 N–H and O–H groups in total. The Morgan fingerprint density at radius 2 is 2.07 bits per heavy atom. The zero-order valence-corrected chi connectivity index (χ0v) is 8.74. The van der Waals surface area contributed by atoms with E-state index < -0.39 is 10.3 Å². The molecule has 0 amide bonds. The van der Waals surface area contributed by atoms with Crippen molar-refractivity contribution in [2.75, 3.05) is 7.11 Å². The van der Waals surface area contributed by atoms with Crippen molar-refractivity contribution in [3.63, 3.8) is 0 Å². The van der Waals surface area contributed by atoms with Crippen molar-refractivity contribution in [1.29, 1.82) is 0 Å². The third-order valence-electron chi connectivity index (χ3n) is 1.92. The average molecular weight is 227 g/mol. The first-order chi connectivity index (χ1) is 7.12. The van der Waals surface area contributed by atoms with E-state index in [2.05, 4.69) is 8.91 Å². The van der Waals surface area contributed by atoms with Gasteiger partial charge >= 0.3 is 10.3 Å². The maximum Gasteiger partial charge on any atom is 0.407 e. The maximum atomic E-state index is 11.0. The molecular formula is C9H9NO4S. The minimum absolute atomic E-state index is 0.368. The van der Waals surface area contributed by atoms with Crippen LogP contribution in [0.3, 0.4) is 0 Å². The number of rotatable bonds is 2. The molecule has 6 heteroatoms. The summed E-state index contributed by atoms with van der Waals surface area (Å²) in [5.74, 6) is 0.581. The predicted octanol–water partition coefficient (Wildman–Crippen LogP) is 0.858. The maximum absolute atomic E-state index is 11.0. The van der Waals surface area contributed by atoms with Gasteiger partial charge in [0.25, 0.3) is 0 Å². The third kappa shape index (κ3) is 1.89. The second kappa shape index (κ2) is 3.47. The van der Waals surface area contributed by atoms with Crippen LogP contribution in [0.5, 0.6) is 5.75 Å². The zero-order chi connectivity index (χ0) is 10.9. The highest BCUT2D eigenvalue weighted by atomic mass is 32.2. The molecule has 0 atom stereocenters. The standard InChI is InChI=1S/C9H9NO4S/c1-13-9-5-3-2-4-7(9)8-6-14-15(11,12)10-8/h2-6,10H,1H3. The molecule has 0 unspecified atom stereocenters. The molecular weight excluding hydrogens is 218 g/mol. The number of hydrogen-bond donors (Lipinski definition) is 1. The molecule has 0 bridgehead atoms. The Hall–Kier alpha value is -1.69. The van der Waals surface area contributed by atoms with Crippen molar-refractivity contribution < 1.29 is 17.3 Å². The van der Waals surface area contributed by atoms with E-state index in [1.54, 1.807) is 24.3 Å². The molecule has 0 spiro atoms. The molecule has 1 aromatic rings. The number of para-hydroxylation sites is 1. The van der Waals surface area contributed by atoms with Gasteiger partial charge in [-0.05, 0) is 12.1 Å². The summed E-state index contributed by atoms with van der Waals surface area (Å²) < 4.78 is 33.8. The first kappa shape index (κ1) is 9.85. The molecule has 2 rings (SSSR count). The van der Waals surface area contributed by atoms with Crippen molar-refractivity contribution in [2.24, 2.45) is 0 Å². The van der Waals surface area contributed by atoms with Gasteiger partial charge in [-0.1, -0.05) is 12.1 Å². The molecule has 15 heavy (non-hydrogen) atoms. The molecule has 0 radical (unpaired) electrons. The summed E-state index contributed by atoms with van der Waals surface area (Å²) in [7, 11) is -2.15. The van der Waals surface area contributed by atoms with Crippen LogP contribution in [0.1, 0.15) is 5.56 Å². The van der Waals surface area contributed by atoms with Crippen LogP contribution in [0.2, 0.25) is 0 Å². The van der Waals surface area contributed by atoms with Crippen LogP contribution in [-0.2, 0) is 14.5 Å². The Balaban J connectivity index is 2.39. The Labute approximate surface area is 87.6 Å². The minimum Gasteiger partial charge on any atom is -0.496 e.